The number of fused-ring (bicyclic) bond motifs is 1. The maximum Gasteiger partial charge on any atom is 0.287 e. The Morgan fingerprint density at radius 3 is 2.54 bits per heavy atom. The Kier molecular flexibility index (Phi) is 5.10. The number of hydrogen-bond acceptors (Lipinski definition) is 4. The molecule has 0 spiro atoms. The Hall–Kier alpha value is -3.04. The van der Waals surface area contributed by atoms with Gasteiger partial charge in [0.05, 0.1) is 31.0 Å². The minimum atomic E-state index is -0.437. The summed E-state index contributed by atoms with van der Waals surface area (Å²) in [7, 11) is 3.01. The standard InChI is InChI=1S/C20H18N2O3S/c1-5-11-22-14-10-9-13(2)12-17(14)26-20(22)21-19(23)18-15(24-3)7-6-8-16(18)25-4/h1,6-10,12H,11H2,2-4H3. The van der Waals surface area contributed by atoms with Gasteiger partial charge in [-0.3, -0.25) is 4.79 Å². The van der Waals surface area contributed by atoms with Gasteiger partial charge in [-0.15, -0.1) is 6.42 Å². The van der Waals surface area contributed by atoms with E-state index in [1.807, 2.05) is 23.6 Å². The Morgan fingerprint density at radius 1 is 1.23 bits per heavy atom. The van der Waals surface area contributed by atoms with E-state index >= 15 is 0 Å². The molecule has 0 aliphatic carbocycles. The molecular weight excluding hydrogens is 348 g/mol. The molecule has 0 aliphatic rings. The quantitative estimate of drug-likeness (QED) is 0.665. The third kappa shape index (κ3) is 3.22. The number of rotatable bonds is 4. The fraction of sp³-hybridized carbons (Fsp3) is 0.200. The molecule has 0 aliphatic heterocycles. The van der Waals surface area contributed by atoms with Gasteiger partial charge in [0.2, 0.25) is 0 Å². The summed E-state index contributed by atoms with van der Waals surface area (Å²) in [6.07, 6.45) is 5.51. The van der Waals surface area contributed by atoms with Crippen molar-refractivity contribution in [2.24, 2.45) is 4.99 Å². The molecule has 132 valence electrons. The number of aromatic nitrogens is 1. The van der Waals surface area contributed by atoms with Crippen LogP contribution in [-0.4, -0.2) is 24.7 Å². The highest BCUT2D eigenvalue weighted by atomic mass is 32.1. The molecule has 0 fully saturated rings. The first kappa shape index (κ1) is 17.8. The van der Waals surface area contributed by atoms with Crippen molar-refractivity contribution < 1.29 is 14.3 Å². The van der Waals surface area contributed by atoms with Crippen molar-refractivity contribution in [1.29, 1.82) is 0 Å². The average Bonchev–Trinajstić information content (AvgIpc) is 2.97. The van der Waals surface area contributed by atoms with Crippen LogP contribution >= 0.6 is 11.3 Å². The van der Waals surface area contributed by atoms with Crippen LogP contribution in [0, 0.1) is 19.3 Å². The van der Waals surface area contributed by atoms with Gasteiger partial charge in [-0.2, -0.15) is 4.99 Å². The van der Waals surface area contributed by atoms with E-state index in [-0.39, 0.29) is 0 Å². The van der Waals surface area contributed by atoms with E-state index in [9.17, 15) is 4.79 Å². The molecule has 5 nitrogen and oxygen atoms in total. The molecule has 1 aromatic heterocycles. The number of aryl methyl sites for hydroxylation is 1. The van der Waals surface area contributed by atoms with Gasteiger partial charge in [0.15, 0.2) is 4.80 Å². The summed E-state index contributed by atoms with van der Waals surface area (Å²) in [5.41, 5.74) is 2.38. The molecule has 26 heavy (non-hydrogen) atoms. The lowest BCUT2D eigenvalue weighted by atomic mass is 10.1. The minimum absolute atomic E-state index is 0.290. The van der Waals surface area contributed by atoms with Crippen LogP contribution in [-0.2, 0) is 6.54 Å². The van der Waals surface area contributed by atoms with Gasteiger partial charge in [0.25, 0.3) is 5.91 Å². The molecule has 6 heteroatoms. The number of carbonyl (C=O) groups excluding carboxylic acids is 1. The number of carbonyl (C=O) groups is 1. The number of hydrogen-bond donors (Lipinski definition) is 0. The summed E-state index contributed by atoms with van der Waals surface area (Å²) in [5.74, 6) is 3.02. The van der Waals surface area contributed by atoms with Crippen LogP contribution in [0.3, 0.4) is 0 Å². The summed E-state index contributed by atoms with van der Waals surface area (Å²) >= 11 is 1.43. The van der Waals surface area contributed by atoms with Crippen molar-refractivity contribution in [2.75, 3.05) is 14.2 Å². The molecule has 3 aromatic rings. The van der Waals surface area contributed by atoms with Crippen molar-refractivity contribution in [3.05, 3.63) is 52.3 Å². The normalized spacial score (nSPS) is 11.4. The number of thiazole rings is 1. The van der Waals surface area contributed by atoms with E-state index in [0.717, 1.165) is 15.8 Å². The van der Waals surface area contributed by atoms with Crippen LogP contribution < -0.4 is 14.3 Å². The summed E-state index contributed by atoms with van der Waals surface area (Å²) in [4.78, 5) is 17.8. The monoisotopic (exact) mass is 366 g/mol. The summed E-state index contributed by atoms with van der Waals surface area (Å²) < 4.78 is 13.5. The maximum atomic E-state index is 12.9. The smallest absolute Gasteiger partial charge is 0.287 e. The molecule has 3 rings (SSSR count). The topological polar surface area (TPSA) is 52.8 Å². The van der Waals surface area contributed by atoms with E-state index in [4.69, 9.17) is 15.9 Å². The highest BCUT2D eigenvalue weighted by molar-refractivity contribution is 7.16. The van der Waals surface area contributed by atoms with E-state index in [1.54, 1.807) is 18.2 Å². The fourth-order valence-electron chi connectivity index (χ4n) is 2.71. The van der Waals surface area contributed by atoms with E-state index < -0.39 is 5.91 Å². The van der Waals surface area contributed by atoms with Crippen molar-refractivity contribution >= 4 is 27.5 Å². The van der Waals surface area contributed by atoms with Crippen molar-refractivity contribution in [2.45, 2.75) is 13.5 Å². The van der Waals surface area contributed by atoms with Crippen molar-refractivity contribution in [3.63, 3.8) is 0 Å². The lowest BCUT2D eigenvalue weighted by Crippen LogP contribution is -2.17. The second kappa shape index (κ2) is 7.46. The van der Waals surface area contributed by atoms with Crippen molar-refractivity contribution in [1.82, 2.24) is 4.57 Å². The first-order chi connectivity index (χ1) is 12.6. The van der Waals surface area contributed by atoms with Crippen LogP contribution in [0.15, 0.2) is 41.4 Å². The van der Waals surface area contributed by atoms with Gasteiger partial charge < -0.3 is 14.0 Å². The molecule has 2 aromatic carbocycles. The lowest BCUT2D eigenvalue weighted by molar-refractivity contribution is 0.0992. The van der Waals surface area contributed by atoms with Crippen LogP contribution in [0.1, 0.15) is 15.9 Å². The van der Waals surface area contributed by atoms with Crippen LogP contribution in [0.4, 0.5) is 0 Å². The fourth-order valence-corrected chi connectivity index (χ4v) is 3.84. The van der Waals surface area contributed by atoms with E-state index in [2.05, 4.69) is 17.0 Å². The Bertz CT molecular complexity index is 1060. The van der Waals surface area contributed by atoms with Gasteiger partial charge in [-0.05, 0) is 36.8 Å². The molecule has 0 unspecified atom stereocenters. The number of amides is 1. The SMILES string of the molecule is C#CCn1c(=NC(=O)c2c(OC)cccc2OC)sc2cc(C)ccc21. The Labute approximate surface area is 155 Å². The van der Waals surface area contributed by atoms with Gasteiger partial charge in [0, 0.05) is 0 Å². The summed E-state index contributed by atoms with van der Waals surface area (Å²) in [6.45, 7) is 2.35. The molecule has 0 saturated heterocycles. The first-order valence-electron chi connectivity index (χ1n) is 7.92. The van der Waals surface area contributed by atoms with Crippen LogP contribution in [0.25, 0.3) is 10.2 Å². The number of ether oxygens (including phenoxy) is 2. The number of benzene rings is 2. The number of methoxy groups -OCH3 is 2. The molecule has 1 amide bonds. The van der Waals surface area contributed by atoms with E-state index in [1.165, 1.54) is 25.6 Å². The lowest BCUT2D eigenvalue weighted by Gasteiger charge is -2.09. The third-order valence-electron chi connectivity index (χ3n) is 3.93. The maximum absolute atomic E-state index is 12.9. The predicted octanol–water partition coefficient (Wildman–Crippen LogP) is 3.40. The van der Waals surface area contributed by atoms with Gasteiger partial charge in [-0.25, -0.2) is 0 Å². The molecule has 0 saturated carbocycles. The molecule has 0 bridgehead atoms. The average molecular weight is 366 g/mol. The highest BCUT2D eigenvalue weighted by Gasteiger charge is 2.18. The van der Waals surface area contributed by atoms with Gasteiger partial charge in [0.1, 0.15) is 17.1 Å². The van der Waals surface area contributed by atoms with Crippen LogP contribution in [0.2, 0.25) is 0 Å². The van der Waals surface area contributed by atoms with Gasteiger partial charge >= 0.3 is 0 Å². The number of terminal acetylenes is 1. The first-order valence-corrected chi connectivity index (χ1v) is 8.74. The van der Waals surface area contributed by atoms with Crippen molar-refractivity contribution in [3.8, 4) is 23.8 Å². The van der Waals surface area contributed by atoms with Crippen LogP contribution in [0.5, 0.6) is 11.5 Å². The molecule has 1 heterocycles. The Morgan fingerprint density at radius 2 is 1.92 bits per heavy atom. The summed E-state index contributed by atoms with van der Waals surface area (Å²) in [6, 6.07) is 11.2. The predicted molar refractivity (Wildman–Crippen MR) is 103 cm³/mol. The third-order valence-corrected chi connectivity index (χ3v) is 4.97. The van der Waals surface area contributed by atoms with Gasteiger partial charge in [-0.1, -0.05) is 29.4 Å². The Balaban J connectivity index is 2.21. The molecular formula is C20H18N2O3S. The largest absolute Gasteiger partial charge is 0.496 e. The zero-order chi connectivity index (χ0) is 18.7. The molecule has 0 atom stereocenters. The minimum Gasteiger partial charge on any atom is -0.496 e. The molecule has 0 N–H and O–H groups in total. The summed E-state index contributed by atoms with van der Waals surface area (Å²) in [5, 5.41) is 0. The zero-order valence-corrected chi connectivity index (χ0v) is 15.6. The zero-order valence-electron chi connectivity index (χ0n) is 14.8. The highest BCUT2D eigenvalue weighted by Crippen LogP contribution is 2.29. The second-order valence-corrected chi connectivity index (χ2v) is 6.61. The van der Waals surface area contributed by atoms with E-state index in [0.29, 0.717) is 28.4 Å². The molecule has 0 radical (unpaired) electrons. The second-order valence-electron chi connectivity index (χ2n) is 5.60. The number of nitrogens with zero attached hydrogens (tertiary/aromatic N) is 2.